The molecule has 0 bridgehead atoms. The summed E-state index contributed by atoms with van der Waals surface area (Å²) in [6.07, 6.45) is -1.02. The maximum atomic E-state index is 10.6. The van der Waals surface area contributed by atoms with Crippen molar-refractivity contribution in [2.45, 2.75) is 24.8 Å². The molecule has 0 aliphatic carbocycles. The summed E-state index contributed by atoms with van der Waals surface area (Å²) in [7, 11) is 0. The maximum absolute atomic E-state index is 10.6. The fourth-order valence-electron chi connectivity index (χ4n) is 0.318. The van der Waals surface area contributed by atoms with Crippen LogP contribution in [0.4, 0.5) is 0 Å². The van der Waals surface area contributed by atoms with Crippen LogP contribution in [-0.2, 0) is 9.53 Å². The normalized spacial score (nSPS) is 16.0. The predicted molar refractivity (Wildman–Crippen MR) is 41.0 cm³/mol. The van der Waals surface area contributed by atoms with E-state index in [0.29, 0.717) is 6.61 Å². The number of carbonyl (C=O) groups is 1. The van der Waals surface area contributed by atoms with Crippen molar-refractivity contribution in [2.24, 2.45) is 0 Å². The smallest absolute Gasteiger partial charge is 0.334 e. The van der Waals surface area contributed by atoms with Crippen molar-refractivity contribution in [1.82, 2.24) is 0 Å². The third-order valence-corrected chi connectivity index (χ3v) is 1.06. The molecule has 0 radical (unpaired) electrons. The van der Waals surface area contributed by atoms with E-state index < -0.39 is 12.1 Å². The van der Waals surface area contributed by atoms with E-state index in [0.717, 1.165) is 0 Å². The van der Waals surface area contributed by atoms with Gasteiger partial charge >= 0.3 is 5.97 Å². The molecule has 0 saturated heterocycles. The Balaban J connectivity index is 3.40. The molecule has 0 aliphatic heterocycles. The van der Waals surface area contributed by atoms with Gasteiger partial charge in [-0.1, -0.05) is 15.9 Å². The second-order valence-electron chi connectivity index (χ2n) is 2.09. The van der Waals surface area contributed by atoms with Crippen molar-refractivity contribution in [3.63, 3.8) is 0 Å². The van der Waals surface area contributed by atoms with E-state index in [9.17, 15) is 4.79 Å². The van der Waals surface area contributed by atoms with Gasteiger partial charge in [0.25, 0.3) is 0 Å². The van der Waals surface area contributed by atoms with Gasteiger partial charge in [0, 0.05) is 4.83 Å². The largest absolute Gasteiger partial charge is 0.463 e. The van der Waals surface area contributed by atoms with Crippen LogP contribution >= 0.6 is 15.9 Å². The number of aliphatic hydroxyl groups excluding tert-OH is 1. The Morgan fingerprint density at radius 3 is 2.50 bits per heavy atom. The van der Waals surface area contributed by atoms with Crippen molar-refractivity contribution < 1.29 is 14.6 Å². The van der Waals surface area contributed by atoms with Gasteiger partial charge in [-0.05, 0) is 13.8 Å². The van der Waals surface area contributed by atoms with Crippen molar-refractivity contribution >= 4 is 21.9 Å². The standard InChI is InChI=1S/C6H11BrO3/c1-4(7)3-10-6(9)5(2)8/h4-5,8H,3H2,1-2H3/t4?,5-/m1/s1. The highest BCUT2D eigenvalue weighted by atomic mass is 79.9. The Morgan fingerprint density at radius 1 is 1.70 bits per heavy atom. The third kappa shape index (κ3) is 4.76. The molecule has 0 rings (SSSR count). The zero-order chi connectivity index (χ0) is 8.15. The van der Waals surface area contributed by atoms with Gasteiger partial charge in [-0.15, -0.1) is 0 Å². The lowest BCUT2D eigenvalue weighted by Gasteiger charge is -2.06. The molecular weight excluding hydrogens is 200 g/mol. The Labute approximate surface area is 68.5 Å². The number of esters is 1. The first kappa shape index (κ1) is 9.91. The third-order valence-electron chi connectivity index (χ3n) is 0.796. The van der Waals surface area contributed by atoms with Crippen LogP contribution in [0.5, 0.6) is 0 Å². The van der Waals surface area contributed by atoms with Crippen LogP contribution in [0.3, 0.4) is 0 Å². The Bertz CT molecular complexity index is 112. The second kappa shape index (κ2) is 4.68. The molecule has 10 heavy (non-hydrogen) atoms. The number of alkyl halides is 1. The highest BCUT2D eigenvalue weighted by molar-refractivity contribution is 9.09. The molecule has 0 fully saturated rings. The van der Waals surface area contributed by atoms with E-state index in [1.165, 1.54) is 6.92 Å². The van der Waals surface area contributed by atoms with Gasteiger partial charge in [0.1, 0.15) is 12.7 Å². The molecule has 1 unspecified atom stereocenters. The van der Waals surface area contributed by atoms with E-state index >= 15 is 0 Å². The number of hydrogen-bond donors (Lipinski definition) is 1. The van der Waals surface area contributed by atoms with Gasteiger partial charge in [0.2, 0.25) is 0 Å². The number of aliphatic hydroxyl groups is 1. The van der Waals surface area contributed by atoms with Crippen molar-refractivity contribution in [3.05, 3.63) is 0 Å². The van der Waals surface area contributed by atoms with Gasteiger partial charge in [-0.2, -0.15) is 0 Å². The number of ether oxygens (including phenoxy) is 1. The zero-order valence-electron chi connectivity index (χ0n) is 6.00. The first-order valence-corrected chi connectivity index (χ1v) is 3.94. The number of halogens is 1. The van der Waals surface area contributed by atoms with Crippen molar-refractivity contribution in [1.29, 1.82) is 0 Å². The summed E-state index contributed by atoms with van der Waals surface area (Å²) in [5.74, 6) is -0.577. The van der Waals surface area contributed by atoms with Crippen molar-refractivity contribution in [2.75, 3.05) is 6.61 Å². The molecular formula is C6H11BrO3. The van der Waals surface area contributed by atoms with Crippen LogP contribution in [-0.4, -0.2) is 28.6 Å². The van der Waals surface area contributed by atoms with Crippen LogP contribution in [0, 0.1) is 0 Å². The van der Waals surface area contributed by atoms with E-state index in [2.05, 4.69) is 20.7 Å². The van der Waals surface area contributed by atoms with Crippen LogP contribution in [0.2, 0.25) is 0 Å². The molecule has 3 nitrogen and oxygen atoms in total. The molecule has 0 heterocycles. The average molecular weight is 211 g/mol. The highest BCUT2D eigenvalue weighted by Gasteiger charge is 2.10. The van der Waals surface area contributed by atoms with Gasteiger partial charge in [0.05, 0.1) is 0 Å². The summed E-state index contributed by atoms with van der Waals surface area (Å²) in [6.45, 7) is 3.53. The van der Waals surface area contributed by atoms with Gasteiger partial charge in [-0.3, -0.25) is 0 Å². The highest BCUT2D eigenvalue weighted by Crippen LogP contribution is 1.98. The molecule has 0 saturated carbocycles. The van der Waals surface area contributed by atoms with E-state index in [1.807, 2.05) is 6.92 Å². The molecule has 0 aromatic heterocycles. The van der Waals surface area contributed by atoms with Crippen LogP contribution in [0.1, 0.15) is 13.8 Å². The molecule has 0 aromatic carbocycles. The van der Waals surface area contributed by atoms with E-state index in [4.69, 9.17) is 5.11 Å². The minimum atomic E-state index is -1.02. The first-order valence-electron chi connectivity index (χ1n) is 3.02. The van der Waals surface area contributed by atoms with Gasteiger partial charge in [0.15, 0.2) is 0 Å². The molecule has 60 valence electrons. The number of carbonyl (C=O) groups excluding carboxylic acids is 1. The Kier molecular flexibility index (Phi) is 4.64. The summed E-state index contributed by atoms with van der Waals surface area (Å²) in [6, 6.07) is 0. The summed E-state index contributed by atoms with van der Waals surface area (Å²) in [5, 5.41) is 8.64. The SMILES string of the molecule is CC(Br)COC(=O)[C@@H](C)O. The number of rotatable bonds is 3. The molecule has 0 spiro atoms. The molecule has 0 aliphatic rings. The Morgan fingerprint density at radius 2 is 2.20 bits per heavy atom. The molecule has 2 atom stereocenters. The minimum absolute atomic E-state index is 0.134. The quantitative estimate of drug-likeness (QED) is 0.551. The summed E-state index contributed by atoms with van der Waals surface area (Å²) in [4.78, 5) is 10.7. The van der Waals surface area contributed by atoms with Crippen LogP contribution < -0.4 is 0 Å². The number of hydrogen-bond acceptors (Lipinski definition) is 3. The fourth-order valence-corrected chi connectivity index (χ4v) is 0.450. The van der Waals surface area contributed by atoms with Gasteiger partial charge < -0.3 is 9.84 Å². The van der Waals surface area contributed by atoms with Crippen LogP contribution in [0.15, 0.2) is 0 Å². The first-order chi connectivity index (χ1) is 4.54. The van der Waals surface area contributed by atoms with E-state index in [-0.39, 0.29) is 4.83 Å². The zero-order valence-corrected chi connectivity index (χ0v) is 7.59. The monoisotopic (exact) mass is 210 g/mol. The average Bonchev–Trinajstić information content (AvgIpc) is 1.82. The molecule has 0 amide bonds. The topological polar surface area (TPSA) is 46.5 Å². The lowest BCUT2D eigenvalue weighted by atomic mass is 10.4. The minimum Gasteiger partial charge on any atom is -0.463 e. The summed E-state index contributed by atoms with van der Waals surface area (Å²) in [5.41, 5.74) is 0. The van der Waals surface area contributed by atoms with E-state index in [1.54, 1.807) is 0 Å². The van der Waals surface area contributed by atoms with Crippen molar-refractivity contribution in [3.8, 4) is 0 Å². The lowest BCUT2D eigenvalue weighted by molar-refractivity contribution is -0.152. The second-order valence-corrected chi connectivity index (χ2v) is 3.65. The fraction of sp³-hybridized carbons (Fsp3) is 0.833. The summed E-state index contributed by atoms with van der Waals surface area (Å²) < 4.78 is 4.63. The summed E-state index contributed by atoms with van der Waals surface area (Å²) >= 11 is 3.19. The molecule has 0 aromatic rings. The molecule has 4 heteroatoms. The predicted octanol–water partition coefficient (Wildman–Crippen LogP) is 0.694. The van der Waals surface area contributed by atoms with Gasteiger partial charge in [-0.25, -0.2) is 4.79 Å². The maximum Gasteiger partial charge on any atom is 0.334 e. The Hall–Kier alpha value is -0.0900. The molecule has 1 N–H and O–H groups in total. The lowest BCUT2D eigenvalue weighted by Crippen LogP contribution is -2.21. The van der Waals surface area contributed by atoms with Crippen LogP contribution in [0.25, 0.3) is 0 Å².